The molecule has 1 atom stereocenters. The Hall–Kier alpha value is -0.930. The number of aromatic nitrogens is 1. The Kier molecular flexibility index (Phi) is 4.36. The monoisotopic (exact) mass is 248 g/mol. The predicted octanol–water partition coefficient (Wildman–Crippen LogP) is 2.46. The quantitative estimate of drug-likeness (QED) is 0.813. The predicted molar refractivity (Wildman–Crippen MR) is 73.4 cm³/mol. The smallest absolute Gasteiger partial charge is 0.0605 e. The van der Waals surface area contributed by atoms with E-state index < -0.39 is 0 Å². The third kappa shape index (κ3) is 3.30. The molecule has 0 saturated heterocycles. The molecular weight excluding hydrogens is 224 g/mol. The van der Waals surface area contributed by atoms with Gasteiger partial charge in [0, 0.05) is 19.3 Å². The highest BCUT2D eigenvalue weighted by atomic mass is 16.2. The summed E-state index contributed by atoms with van der Waals surface area (Å²) in [5, 5.41) is 12.6. The molecule has 0 saturated carbocycles. The number of aryl methyl sites for hydroxylation is 1. The highest BCUT2D eigenvalue weighted by Gasteiger charge is 2.25. The summed E-state index contributed by atoms with van der Waals surface area (Å²) in [6.07, 6.45) is 6.11. The normalized spacial score (nSPS) is 18.9. The fourth-order valence-corrected chi connectivity index (χ4v) is 2.66. The van der Waals surface area contributed by atoms with Crippen LogP contribution in [0.5, 0.6) is 0 Å². The summed E-state index contributed by atoms with van der Waals surface area (Å²) in [6, 6.07) is 4.61. The minimum Gasteiger partial charge on any atom is -0.396 e. The molecule has 18 heavy (non-hydrogen) atoms. The van der Waals surface area contributed by atoms with Gasteiger partial charge in [-0.15, -0.1) is 0 Å². The summed E-state index contributed by atoms with van der Waals surface area (Å²) < 4.78 is 0. The van der Waals surface area contributed by atoms with Gasteiger partial charge in [0.15, 0.2) is 0 Å². The zero-order chi connectivity index (χ0) is 13.0. The van der Waals surface area contributed by atoms with Crippen LogP contribution in [-0.2, 0) is 6.42 Å². The first-order valence-electron chi connectivity index (χ1n) is 6.90. The molecule has 1 aromatic rings. The van der Waals surface area contributed by atoms with Crippen molar-refractivity contribution in [2.24, 2.45) is 5.41 Å². The number of fused-ring (bicyclic) bond motifs is 1. The number of hydrogen-bond acceptors (Lipinski definition) is 3. The van der Waals surface area contributed by atoms with Crippen LogP contribution in [0.1, 0.15) is 50.4 Å². The third-order valence-corrected chi connectivity index (χ3v) is 3.80. The molecule has 3 nitrogen and oxygen atoms in total. The van der Waals surface area contributed by atoms with Crippen molar-refractivity contribution >= 4 is 0 Å². The third-order valence-electron chi connectivity index (χ3n) is 3.80. The van der Waals surface area contributed by atoms with E-state index in [1.165, 1.54) is 11.3 Å². The van der Waals surface area contributed by atoms with Crippen LogP contribution >= 0.6 is 0 Å². The van der Waals surface area contributed by atoms with Gasteiger partial charge in [-0.25, -0.2) is 0 Å². The Morgan fingerprint density at radius 3 is 3.11 bits per heavy atom. The molecule has 0 fully saturated rings. The zero-order valence-corrected chi connectivity index (χ0v) is 11.4. The maximum absolute atomic E-state index is 8.91. The molecule has 0 aromatic carbocycles. The molecule has 2 N–H and O–H groups in total. The molecule has 1 aliphatic carbocycles. The van der Waals surface area contributed by atoms with E-state index in [0.29, 0.717) is 6.04 Å². The molecule has 0 aliphatic heterocycles. The lowest BCUT2D eigenvalue weighted by Gasteiger charge is -2.27. The summed E-state index contributed by atoms with van der Waals surface area (Å²) in [5.74, 6) is 0. The van der Waals surface area contributed by atoms with E-state index in [0.717, 1.165) is 32.2 Å². The standard InChI is InChI=1S/C15H24N2O/c1-15(2,8-4-10-18)11-17-13-7-6-12-5-3-9-16-14(12)13/h3,5,9,13,17-18H,4,6-8,10-11H2,1-2H3. The molecule has 100 valence electrons. The van der Waals surface area contributed by atoms with E-state index in [2.05, 4.69) is 30.2 Å². The first kappa shape index (κ1) is 13.5. The van der Waals surface area contributed by atoms with Gasteiger partial charge in [0.1, 0.15) is 0 Å². The van der Waals surface area contributed by atoms with Crippen molar-refractivity contribution in [2.45, 2.75) is 45.6 Å². The Morgan fingerprint density at radius 1 is 1.50 bits per heavy atom. The van der Waals surface area contributed by atoms with E-state index in [1.807, 2.05) is 12.3 Å². The van der Waals surface area contributed by atoms with Crippen molar-refractivity contribution in [2.75, 3.05) is 13.2 Å². The van der Waals surface area contributed by atoms with Gasteiger partial charge in [0.25, 0.3) is 0 Å². The molecule has 1 aromatic heterocycles. The maximum atomic E-state index is 8.91. The van der Waals surface area contributed by atoms with Crippen molar-refractivity contribution in [3.63, 3.8) is 0 Å². The fourth-order valence-electron chi connectivity index (χ4n) is 2.66. The van der Waals surface area contributed by atoms with E-state index in [1.54, 1.807) is 0 Å². The Morgan fingerprint density at radius 2 is 2.33 bits per heavy atom. The number of aliphatic hydroxyl groups excluding tert-OH is 1. The minimum atomic E-state index is 0.236. The Labute approximate surface area is 110 Å². The van der Waals surface area contributed by atoms with Crippen molar-refractivity contribution in [1.82, 2.24) is 10.3 Å². The first-order valence-corrected chi connectivity index (χ1v) is 6.90. The van der Waals surface area contributed by atoms with Crippen molar-refractivity contribution in [1.29, 1.82) is 0 Å². The highest BCUT2D eigenvalue weighted by Crippen LogP contribution is 2.30. The van der Waals surface area contributed by atoms with Crippen molar-refractivity contribution < 1.29 is 5.11 Å². The van der Waals surface area contributed by atoms with Gasteiger partial charge in [0.05, 0.1) is 11.7 Å². The molecule has 2 rings (SSSR count). The Bertz CT molecular complexity index is 390. The van der Waals surface area contributed by atoms with Crippen LogP contribution < -0.4 is 5.32 Å². The van der Waals surface area contributed by atoms with Gasteiger partial charge in [-0.1, -0.05) is 19.9 Å². The van der Waals surface area contributed by atoms with Gasteiger partial charge in [-0.2, -0.15) is 0 Å². The molecule has 0 amide bonds. The average molecular weight is 248 g/mol. The SMILES string of the molecule is CC(C)(CCCO)CNC1CCc2cccnc21. The second kappa shape index (κ2) is 5.81. The van der Waals surface area contributed by atoms with E-state index in [9.17, 15) is 0 Å². The van der Waals surface area contributed by atoms with Gasteiger partial charge < -0.3 is 10.4 Å². The van der Waals surface area contributed by atoms with Gasteiger partial charge in [-0.05, 0) is 42.7 Å². The lowest BCUT2D eigenvalue weighted by molar-refractivity contribution is 0.231. The summed E-state index contributed by atoms with van der Waals surface area (Å²) in [6.45, 7) is 5.78. The van der Waals surface area contributed by atoms with E-state index >= 15 is 0 Å². The number of pyridine rings is 1. The van der Waals surface area contributed by atoms with Crippen LogP contribution in [0.4, 0.5) is 0 Å². The first-order chi connectivity index (χ1) is 8.62. The van der Waals surface area contributed by atoms with Crippen LogP contribution in [0.2, 0.25) is 0 Å². The molecule has 0 bridgehead atoms. The molecule has 1 unspecified atom stereocenters. The number of hydrogen-bond donors (Lipinski definition) is 2. The average Bonchev–Trinajstić information content (AvgIpc) is 2.78. The Balaban J connectivity index is 1.88. The van der Waals surface area contributed by atoms with Gasteiger partial charge in [0.2, 0.25) is 0 Å². The lowest BCUT2D eigenvalue weighted by Crippen LogP contribution is -2.32. The summed E-state index contributed by atoms with van der Waals surface area (Å²) in [7, 11) is 0. The summed E-state index contributed by atoms with van der Waals surface area (Å²) in [4.78, 5) is 4.50. The van der Waals surface area contributed by atoms with Crippen molar-refractivity contribution in [3.8, 4) is 0 Å². The van der Waals surface area contributed by atoms with Crippen molar-refractivity contribution in [3.05, 3.63) is 29.6 Å². The molecule has 0 spiro atoms. The van der Waals surface area contributed by atoms with Crippen LogP contribution in [-0.4, -0.2) is 23.2 Å². The number of nitrogens with zero attached hydrogens (tertiary/aromatic N) is 1. The zero-order valence-electron chi connectivity index (χ0n) is 11.4. The number of aliphatic hydroxyl groups is 1. The fraction of sp³-hybridized carbons (Fsp3) is 0.667. The maximum Gasteiger partial charge on any atom is 0.0605 e. The topological polar surface area (TPSA) is 45.1 Å². The van der Waals surface area contributed by atoms with Gasteiger partial charge >= 0.3 is 0 Å². The van der Waals surface area contributed by atoms with Gasteiger partial charge in [-0.3, -0.25) is 4.98 Å². The van der Waals surface area contributed by atoms with Crippen LogP contribution in [0.15, 0.2) is 18.3 Å². The molecule has 0 radical (unpaired) electrons. The second-order valence-electron chi connectivity index (χ2n) is 6.01. The minimum absolute atomic E-state index is 0.236. The summed E-state index contributed by atoms with van der Waals surface area (Å²) in [5.41, 5.74) is 2.86. The van der Waals surface area contributed by atoms with E-state index in [4.69, 9.17) is 5.11 Å². The lowest BCUT2D eigenvalue weighted by atomic mass is 9.87. The van der Waals surface area contributed by atoms with Crippen LogP contribution in [0.3, 0.4) is 0 Å². The molecular formula is C15H24N2O. The molecule has 3 heteroatoms. The van der Waals surface area contributed by atoms with E-state index in [-0.39, 0.29) is 12.0 Å². The van der Waals surface area contributed by atoms with Crippen LogP contribution in [0, 0.1) is 5.41 Å². The molecule has 1 heterocycles. The highest BCUT2D eigenvalue weighted by molar-refractivity contribution is 5.27. The van der Waals surface area contributed by atoms with Crippen LogP contribution in [0.25, 0.3) is 0 Å². The molecule has 1 aliphatic rings. The number of rotatable bonds is 6. The number of nitrogens with one attached hydrogen (secondary N) is 1. The largest absolute Gasteiger partial charge is 0.396 e. The second-order valence-corrected chi connectivity index (χ2v) is 6.01. The summed E-state index contributed by atoms with van der Waals surface area (Å²) >= 11 is 0.